The Morgan fingerprint density at radius 1 is 1.32 bits per heavy atom. The number of aromatic nitrogens is 1. The lowest BCUT2D eigenvalue weighted by molar-refractivity contribution is -0.384. The van der Waals surface area contributed by atoms with Crippen LogP contribution in [0.15, 0.2) is 34.9 Å². The van der Waals surface area contributed by atoms with Gasteiger partial charge in [0.2, 0.25) is 5.89 Å². The molecule has 0 aliphatic heterocycles. The monoisotopic (exact) mass is 345 g/mol. The zero-order chi connectivity index (χ0) is 17.8. The SMILES string of the molecule is CN(Cc1coc(-c2ccc([N+](=O)[O-])cc2)n1)CC1CCCCC1O. The first kappa shape index (κ1) is 17.6. The van der Waals surface area contributed by atoms with Gasteiger partial charge in [-0.3, -0.25) is 10.1 Å². The molecule has 7 nitrogen and oxygen atoms in total. The summed E-state index contributed by atoms with van der Waals surface area (Å²) < 4.78 is 5.51. The number of oxazole rings is 1. The molecular weight excluding hydrogens is 322 g/mol. The zero-order valence-corrected chi connectivity index (χ0v) is 14.3. The van der Waals surface area contributed by atoms with Crippen LogP contribution in [-0.4, -0.2) is 39.6 Å². The van der Waals surface area contributed by atoms with Gasteiger partial charge in [0, 0.05) is 30.8 Å². The van der Waals surface area contributed by atoms with Gasteiger partial charge in [0.15, 0.2) is 0 Å². The second-order valence-corrected chi connectivity index (χ2v) is 6.76. The molecule has 1 saturated carbocycles. The van der Waals surface area contributed by atoms with E-state index in [0.29, 0.717) is 23.9 Å². The Balaban J connectivity index is 1.60. The predicted molar refractivity (Wildman–Crippen MR) is 92.9 cm³/mol. The largest absolute Gasteiger partial charge is 0.444 e. The molecule has 7 heteroatoms. The minimum atomic E-state index is -0.431. The van der Waals surface area contributed by atoms with Gasteiger partial charge in [-0.15, -0.1) is 0 Å². The highest BCUT2D eigenvalue weighted by molar-refractivity contribution is 5.55. The van der Waals surface area contributed by atoms with E-state index in [1.54, 1.807) is 18.4 Å². The fraction of sp³-hybridized carbons (Fsp3) is 0.500. The van der Waals surface area contributed by atoms with E-state index >= 15 is 0 Å². The Bertz CT molecular complexity index is 713. The van der Waals surface area contributed by atoms with E-state index in [1.165, 1.54) is 18.6 Å². The first-order valence-electron chi connectivity index (χ1n) is 8.59. The predicted octanol–water partition coefficient (Wildman–Crippen LogP) is 3.23. The number of nitrogens with zero attached hydrogens (tertiary/aromatic N) is 3. The summed E-state index contributed by atoms with van der Waals surface area (Å²) in [5.74, 6) is 0.774. The first-order chi connectivity index (χ1) is 12.0. The van der Waals surface area contributed by atoms with Gasteiger partial charge in [0.25, 0.3) is 5.69 Å². The number of rotatable bonds is 6. The van der Waals surface area contributed by atoms with E-state index in [9.17, 15) is 15.2 Å². The summed E-state index contributed by atoms with van der Waals surface area (Å²) in [6.45, 7) is 1.47. The zero-order valence-electron chi connectivity index (χ0n) is 14.3. The fourth-order valence-electron chi connectivity index (χ4n) is 3.38. The number of benzene rings is 1. The molecule has 3 rings (SSSR count). The lowest BCUT2D eigenvalue weighted by Crippen LogP contribution is -2.34. The van der Waals surface area contributed by atoms with Gasteiger partial charge >= 0.3 is 0 Å². The lowest BCUT2D eigenvalue weighted by atomic mass is 9.86. The van der Waals surface area contributed by atoms with Gasteiger partial charge in [-0.05, 0) is 37.9 Å². The number of hydrogen-bond acceptors (Lipinski definition) is 6. The molecule has 0 saturated heterocycles. The van der Waals surface area contributed by atoms with Crippen LogP contribution in [0.1, 0.15) is 31.4 Å². The Morgan fingerprint density at radius 2 is 2.04 bits per heavy atom. The van der Waals surface area contributed by atoms with Crippen molar-refractivity contribution in [2.24, 2.45) is 5.92 Å². The number of aliphatic hydroxyl groups is 1. The molecule has 1 N–H and O–H groups in total. The van der Waals surface area contributed by atoms with E-state index in [1.807, 2.05) is 7.05 Å². The summed E-state index contributed by atoms with van der Waals surface area (Å²) in [6, 6.07) is 6.15. The molecule has 1 aliphatic rings. The van der Waals surface area contributed by atoms with Gasteiger partial charge < -0.3 is 14.4 Å². The summed E-state index contributed by atoms with van der Waals surface area (Å²) in [5.41, 5.74) is 1.56. The third-order valence-corrected chi connectivity index (χ3v) is 4.72. The molecule has 0 radical (unpaired) electrons. The van der Waals surface area contributed by atoms with E-state index in [2.05, 4.69) is 9.88 Å². The maximum Gasteiger partial charge on any atom is 0.269 e. The van der Waals surface area contributed by atoms with Crippen molar-refractivity contribution in [1.82, 2.24) is 9.88 Å². The van der Waals surface area contributed by atoms with E-state index in [0.717, 1.165) is 31.5 Å². The van der Waals surface area contributed by atoms with Crippen LogP contribution in [0.2, 0.25) is 0 Å². The second-order valence-electron chi connectivity index (χ2n) is 6.76. The van der Waals surface area contributed by atoms with Crippen LogP contribution in [0.3, 0.4) is 0 Å². The van der Waals surface area contributed by atoms with Gasteiger partial charge in [0.1, 0.15) is 6.26 Å². The maximum atomic E-state index is 10.7. The Labute approximate surface area is 146 Å². The molecular formula is C18H23N3O4. The van der Waals surface area contributed by atoms with Gasteiger partial charge in [0.05, 0.1) is 16.7 Å². The highest BCUT2D eigenvalue weighted by atomic mass is 16.6. The summed E-state index contributed by atoms with van der Waals surface area (Å²) in [5, 5.41) is 20.8. The molecule has 0 amide bonds. The van der Waals surface area contributed by atoms with Crippen LogP contribution >= 0.6 is 0 Å². The van der Waals surface area contributed by atoms with Crippen molar-refractivity contribution in [1.29, 1.82) is 0 Å². The summed E-state index contributed by atoms with van der Waals surface area (Å²) in [7, 11) is 2.02. The molecule has 0 spiro atoms. The van der Waals surface area contributed by atoms with E-state index < -0.39 is 4.92 Å². The molecule has 2 atom stereocenters. The lowest BCUT2D eigenvalue weighted by Gasteiger charge is -2.30. The molecule has 1 heterocycles. The molecule has 0 bridgehead atoms. The molecule has 25 heavy (non-hydrogen) atoms. The maximum absolute atomic E-state index is 10.7. The van der Waals surface area contributed by atoms with Gasteiger partial charge in [-0.1, -0.05) is 12.8 Å². The fourth-order valence-corrected chi connectivity index (χ4v) is 3.38. The van der Waals surface area contributed by atoms with Gasteiger partial charge in [-0.2, -0.15) is 0 Å². The summed E-state index contributed by atoms with van der Waals surface area (Å²) in [4.78, 5) is 16.9. The van der Waals surface area contributed by atoms with Crippen molar-refractivity contribution < 1.29 is 14.4 Å². The Morgan fingerprint density at radius 3 is 2.72 bits per heavy atom. The van der Waals surface area contributed by atoms with Crippen molar-refractivity contribution in [3.8, 4) is 11.5 Å². The van der Waals surface area contributed by atoms with Crippen LogP contribution in [0.25, 0.3) is 11.5 Å². The minimum absolute atomic E-state index is 0.0429. The van der Waals surface area contributed by atoms with Crippen molar-refractivity contribution in [2.75, 3.05) is 13.6 Å². The van der Waals surface area contributed by atoms with Gasteiger partial charge in [-0.25, -0.2) is 4.98 Å². The molecule has 1 aromatic carbocycles. The quantitative estimate of drug-likeness (QED) is 0.638. The molecule has 2 aromatic rings. The average Bonchev–Trinajstić information content (AvgIpc) is 3.05. The van der Waals surface area contributed by atoms with Crippen LogP contribution in [-0.2, 0) is 6.54 Å². The highest BCUT2D eigenvalue weighted by Gasteiger charge is 2.24. The average molecular weight is 345 g/mol. The third-order valence-electron chi connectivity index (χ3n) is 4.72. The smallest absolute Gasteiger partial charge is 0.269 e. The van der Waals surface area contributed by atoms with Crippen molar-refractivity contribution >= 4 is 5.69 Å². The second kappa shape index (κ2) is 7.76. The number of aliphatic hydroxyl groups excluding tert-OH is 1. The molecule has 1 aliphatic carbocycles. The topological polar surface area (TPSA) is 92.6 Å². The Hall–Kier alpha value is -2.25. The molecule has 1 fully saturated rings. The van der Waals surface area contributed by atoms with Crippen LogP contribution in [0, 0.1) is 16.0 Å². The highest BCUT2D eigenvalue weighted by Crippen LogP contribution is 2.26. The molecule has 1 aromatic heterocycles. The number of nitro groups is 1. The first-order valence-corrected chi connectivity index (χ1v) is 8.59. The number of nitro benzene ring substituents is 1. The number of non-ortho nitro benzene ring substituents is 1. The standard InChI is InChI=1S/C18H23N3O4/c1-20(10-14-4-2-3-5-17(14)22)11-15-12-25-18(19-15)13-6-8-16(9-7-13)21(23)24/h6-9,12,14,17,22H,2-5,10-11H2,1H3. The van der Waals surface area contributed by atoms with E-state index in [-0.39, 0.29) is 11.8 Å². The summed E-state index contributed by atoms with van der Waals surface area (Å²) in [6.07, 6.45) is 5.67. The van der Waals surface area contributed by atoms with Crippen molar-refractivity contribution in [3.05, 3.63) is 46.3 Å². The van der Waals surface area contributed by atoms with E-state index in [4.69, 9.17) is 4.42 Å². The van der Waals surface area contributed by atoms with Crippen LogP contribution in [0.5, 0.6) is 0 Å². The molecule has 134 valence electrons. The van der Waals surface area contributed by atoms with Crippen LogP contribution in [0.4, 0.5) is 5.69 Å². The van der Waals surface area contributed by atoms with Crippen LogP contribution < -0.4 is 0 Å². The minimum Gasteiger partial charge on any atom is -0.444 e. The number of hydrogen-bond donors (Lipinski definition) is 1. The van der Waals surface area contributed by atoms with Crippen molar-refractivity contribution in [2.45, 2.75) is 38.3 Å². The van der Waals surface area contributed by atoms with Crippen molar-refractivity contribution in [3.63, 3.8) is 0 Å². The summed E-state index contributed by atoms with van der Waals surface area (Å²) >= 11 is 0. The molecule has 2 unspecified atom stereocenters. The third kappa shape index (κ3) is 4.43. The Kier molecular flexibility index (Phi) is 5.45. The normalized spacial score (nSPS) is 20.8.